The summed E-state index contributed by atoms with van der Waals surface area (Å²) in [5, 5.41) is 8.95. The van der Waals surface area contributed by atoms with Crippen molar-refractivity contribution in [1.29, 1.82) is 0 Å². The zero-order chi connectivity index (χ0) is 8.32. The molecule has 0 aromatic heterocycles. The molecule has 0 bridgehead atoms. The van der Waals surface area contributed by atoms with Crippen LogP contribution in [0.4, 0.5) is 0 Å². The molecular weight excluding hydrogens is 143 g/mol. The van der Waals surface area contributed by atoms with E-state index >= 15 is 0 Å². The fourth-order valence-corrected chi connectivity index (χ4v) is 1.01. The van der Waals surface area contributed by atoms with Gasteiger partial charge in [-0.2, -0.15) is 0 Å². The van der Waals surface area contributed by atoms with Crippen LogP contribution in [0.5, 0.6) is 0 Å². The van der Waals surface area contributed by atoms with Crippen LogP contribution in [0.3, 0.4) is 0 Å². The Morgan fingerprint density at radius 2 is 2.00 bits per heavy atom. The third kappa shape index (κ3) is 2.19. The third-order valence-electron chi connectivity index (χ3n) is 1.95. The number of rotatable bonds is 2. The zero-order valence-corrected chi connectivity index (χ0v) is 7.17. The Hall–Kier alpha value is -0.0551. The highest BCUT2D eigenvalue weighted by molar-refractivity contribution is 6.44. The SMILES string of the molecule is CCB1OCC(C)(CO)CO1. The van der Waals surface area contributed by atoms with E-state index in [-0.39, 0.29) is 19.1 Å². The van der Waals surface area contributed by atoms with Crippen LogP contribution in [0, 0.1) is 5.41 Å². The Bertz CT molecular complexity index is 121. The molecule has 1 heterocycles. The molecule has 0 atom stereocenters. The second-order valence-electron chi connectivity index (χ2n) is 3.43. The predicted molar refractivity (Wildman–Crippen MR) is 43.3 cm³/mol. The molecule has 3 nitrogen and oxygen atoms in total. The number of hydrogen-bond donors (Lipinski definition) is 1. The molecular formula is C7H15BO3. The molecule has 0 spiro atoms. The van der Waals surface area contributed by atoms with E-state index in [1.807, 2.05) is 13.8 Å². The van der Waals surface area contributed by atoms with Crippen LogP contribution in [0.2, 0.25) is 6.32 Å². The van der Waals surface area contributed by atoms with Gasteiger partial charge in [0.05, 0.1) is 6.61 Å². The van der Waals surface area contributed by atoms with E-state index in [1.54, 1.807) is 0 Å². The van der Waals surface area contributed by atoms with Crippen molar-refractivity contribution in [2.45, 2.75) is 20.2 Å². The van der Waals surface area contributed by atoms with Gasteiger partial charge >= 0.3 is 7.12 Å². The molecule has 0 aromatic carbocycles. The van der Waals surface area contributed by atoms with Gasteiger partial charge in [0.1, 0.15) is 0 Å². The Morgan fingerprint density at radius 3 is 2.36 bits per heavy atom. The third-order valence-corrected chi connectivity index (χ3v) is 1.95. The summed E-state index contributed by atoms with van der Waals surface area (Å²) in [4.78, 5) is 0. The van der Waals surface area contributed by atoms with Gasteiger partial charge in [0.2, 0.25) is 0 Å². The van der Waals surface area contributed by atoms with Crippen molar-refractivity contribution in [2.75, 3.05) is 19.8 Å². The van der Waals surface area contributed by atoms with E-state index in [2.05, 4.69) is 0 Å². The fourth-order valence-electron chi connectivity index (χ4n) is 1.01. The highest BCUT2D eigenvalue weighted by Gasteiger charge is 2.33. The first-order valence-electron chi connectivity index (χ1n) is 4.04. The molecule has 1 aliphatic heterocycles. The average Bonchev–Trinajstić information content (AvgIpc) is 2.06. The minimum absolute atomic E-state index is 0.0605. The molecule has 0 aliphatic carbocycles. The van der Waals surface area contributed by atoms with Gasteiger partial charge in [-0.1, -0.05) is 13.8 Å². The summed E-state index contributed by atoms with van der Waals surface area (Å²) in [6.45, 7) is 5.30. The van der Waals surface area contributed by atoms with Crippen LogP contribution in [-0.4, -0.2) is 32.0 Å². The first-order valence-corrected chi connectivity index (χ1v) is 4.04. The van der Waals surface area contributed by atoms with Gasteiger partial charge in [0.25, 0.3) is 0 Å². The molecule has 1 N–H and O–H groups in total. The second kappa shape index (κ2) is 3.56. The van der Waals surface area contributed by atoms with E-state index in [1.165, 1.54) is 0 Å². The van der Waals surface area contributed by atoms with Gasteiger partial charge in [-0.25, -0.2) is 0 Å². The zero-order valence-electron chi connectivity index (χ0n) is 7.17. The maximum absolute atomic E-state index is 8.95. The summed E-state index contributed by atoms with van der Waals surface area (Å²) in [5.74, 6) is 0. The van der Waals surface area contributed by atoms with Crippen molar-refractivity contribution in [1.82, 2.24) is 0 Å². The molecule has 1 aliphatic rings. The molecule has 11 heavy (non-hydrogen) atoms. The standard InChI is InChI=1S/C7H15BO3/c1-3-8-10-5-7(2,4-9)6-11-8/h9H,3-6H2,1-2H3. The van der Waals surface area contributed by atoms with Crippen molar-refractivity contribution in [3.8, 4) is 0 Å². The molecule has 64 valence electrons. The van der Waals surface area contributed by atoms with Crippen molar-refractivity contribution in [3.63, 3.8) is 0 Å². The minimum Gasteiger partial charge on any atom is -0.410 e. The lowest BCUT2D eigenvalue weighted by Crippen LogP contribution is -2.44. The number of aliphatic hydroxyl groups is 1. The normalized spacial score (nSPS) is 23.7. The summed E-state index contributed by atoms with van der Waals surface area (Å²) >= 11 is 0. The lowest BCUT2D eigenvalue weighted by molar-refractivity contribution is -0.0183. The quantitative estimate of drug-likeness (QED) is 0.596. The summed E-state index contributed by atoms with van der Waals surface area (Å²) in [6, 6.07) is 0. The van der Waals surface area contributed by atoms with Gasteiger partial charge in [0, 0.05) is 18.6 Å². The van der Waals surface area contributed by atoms with Gasteiger partial charge in [-0.05, 0) is 6.32 Å². The Kier molecular flexibility index (Phi) is 2.93. The molecule has 0 unspecified atom stereocenters. The first-order chi connectivity index (χ1) is 5.20. The Morgan fingerprint density at radius 1 is 1.45 bits per heavy atom. The van der Waals surface area contributed by atoms with Crippen LogP contribution >= 0.6 is 0 Å². The van der Waals surface area contributed by atoms with E-state index in [9.17, 15) is 0 Å². The van der Waals surface area contributed by atoms with E-state index in [0.717, 1.165) is 6.32 Å². The average molecular weight is 158 g/mol. The summed E-state index contributed by atoms with van der Waals surface area (Å²) in [6.07, 6.45) is 0.876. The van der Waals surface area contributed by atoms with E-state index in [0.29, 0.717) is 13.2 Å². The highest BCUT2D eigenvalue weighted by Crippen LogP contribution is 2.22. The van der Waals surface area contributed by atoms with Crippen LogP contribution in [0.25, 0.3) is 0 Å². The molecule has 1 rings (SSSR count). The topological polar surface area (TPSA) is 38.7 Å². The molecule has 0 aromatic rings. The smallest absolute Gasteiger partial charge is 0.410 e. The lowest BCUT2D eigenvalue weighted by Gasteiger charge is -2.34. The predicted octanol–water partition coefficient (Wildman–Crippen LogP) is 0.540. The molecule has 0 amide bonds. The van der Waals surface area contributed by atoms with Crippen LogP contribution in [0.1, 0.15) is 13.8 Å². The summed E-state index contributed by atoms with van der Waals surface area (Å²) in [7, 11) is -0.0605. The van der Waals surface area contributed by atoms with E-state index < -0.39 is 0 Å². The molecule has 4 heteroatoms. The Balaban J connectivity index is 2.35. The number of hydrogen-bond acceptors (Lipinski definition) is 3. The molecule has 1 saturated heterocycles. The maximum atomic E-state index is 8.95. The fraction of sp³-hybridized carbons (Fsp3) is 1.00. The summed E-state index contributed by atoms with van der Waals surface area (Å²) < 4.78 is 10.7. The molecule has 0 saturated carbocycles. The number of aliphatic hydroxyl groups excluding tert-OH is 1. The van der Waals surface area contributed by atoms with Gasteiger partial charge in [-0.15, -0.1) is 0 Å². The van der Waals surface area contributed by atoms with Crippen LogP contribution in [-0.2, 0) is 9.31 Å². The highest BCUT2D eigenvalue weighted by atomic mass is 16.6. The van der Waals surface area contributed by atoms with Gasteiger partial charge < -0.3 is 14.4 Å². The van der Waals surface area contributed by atoms with Crippen LogP contribution in [0.15, 0.2) is 0 Å². The monoisotopic (exact) mass is 158 g/mol. The molecule has 0 radical (unpaired) electrons. The Labute approximate surface area is 67.8 Å². The summed E-state index contributed by atoms with van der Waals surface area (Å²) in [5.41, 5.74) is -0.189. The second-order valence-corrected chi connectivity index (χ2v) is 3.43. The first kappa shape index (κ1) is 9.04. The van der Waals surface area contributed by atoms with E-state index in [4.69, 9.17) is 14.4 Å². The van der Waals surface area contributed by atoms with Crippen molar-refractivity contribution >= 4 is 7.12 Å². The maximum Gasteiger partial charge on any atom is 0.456 e. The minimum atomic E-state index is -0.189. The van der Waals surface area contributed by atoms with Crippen LogP contribution < -0.4 is 0 Å². The lowest BCUT2D eigenvalue weighted by atomic mass is 9.81. The van der Waals surface area contributed by atoms with Gasteiger partial charge in [0.15, 0.2) is 0 Å². The van der Waals surface area contributed by atoms with Crippen molar-refractivity contribution in [3.05, 3.63) is 0 Å². The van der Waals surface area contributed by atoms with Crippen molar-refractivity contribution < 1.29 is 14.4 Å². The van der Waals surface area contributed by atoms with Gasteiger partial charge in [-0.3, -0.25) is 0 Å². The van der Waals surface area contributed by atoms with Crippen molar-refractivity contribution in [2.24, 2.45) is 5.41 Å². The molecule has 1 fully saturated rings. The largest absolute Gasteiger partial charge is 0.456 e.